The summed E-state index contributed by atoms with van der Waals surface area (Å²) in [5, 5.41) is 2.95. The summed E-state index contributed by atoms with van der Waals surface area (Å²) in [5.41, 5.74) is 11.0. The van der Waals surface area contributed by atoms with Crippen LogP contribution in [0.4, 0.5) is 11.6 Å². The minimum absolute atomic E-state index is 0.109. The topological polar surface area (TPSA) is 72.9 Å². The van der Waals surface area contributed by atoms with Crippen LogP contribution in [0.2, 0.25) is 0 Å². The molecule has 0 radical (unpaired) electrons. The third-order valence-electron chi connectivity index (χ3n) is 5.10. The zero-order valence-corrected chi connectivity index (χ0v) is 19.2. The van der Waals surface area contributed by atoms with Crippen molar-refractivity contribution in [1.29, 1.82) is 0 Å². The molecule has 3 rings (SSSR count). The monoisotopic (exact) mass is 468 g/mol. The van der Waals surface area contributed by atoms with Gasteiger partial charge in [0.15, 0.2) is 0 Å². The van der Waals surface area contributed by atoms with E-state index in [-0.39, 0.29) is 12.5 Å². The lowest BCUT2D eigenvalue weighted by Crippen LogP contribution is -2.20. The van der Waals surface area contributed by atoms with Gasteiger partial charge in [0.1, 0.15) is 6.54 Å². The molecule has 0 fully saturated rings. The molecule has 0 aliphatic carbocycles. The Morgan fingerprint density at radius 1 is 1.10 bits per heavy atom. The van der Waals surface area contributed by atoms with Crippen molar-refractivity contribution in [2.45, 2.75) is 52.5 Å². The van der Waals surface area contributed by atoms with Gasteiger partial charge in [0.2, 0.25) is 11.9 Å². The van der Waals surface area contributed by atoms with Crippen molar-refractivity contribution >= 4 is 33.5 Å². The molecule has 30 heavy (non-hydrogen) atoms. The molecule has 0 atom stereocenters. The number of carbonyl (C=O) groups is 1. The van der Waals surface area contributed by atoms with Crippen LogP contribution in [0.15, 0.2) is 53.0 Å². The molecule has 0 saturated carbocycles. The van der Waals surface area contributed by atoms with Gasteiger partial charge in [-0.3, -0.25) is 4.79 Å². The molecule has 1 aromatic heterocycles. The lowest BCUT2D eigenvalue weighted by molar-refractivity contribution is -0.116. The minimum atomic E-state index is -0.131. The maximum Gasteiger partial charge on any atom is 0.244 e. The van der Waals surface area contributed by atoms with Crippen molar-refractivity contribution in [1.82, 2.24) is 9.55 Å². The fourth-order valence-electron chi connectivity index (χ4n) is 3.51. The van der Waals surface area contributed by atoms with E-state index in [0.717, 1.165) is 51.9 Å². The Kier molecular flexibility index (Phi) is 7.69. The van der Waals surface area contributed by atoms with Crippen LogP contribution in [0, 0.1) is 6.92 Å². The van der Waals surface area contributed by atoms with Crippen molar-refractivity contribution in [3.63, 3.8) is 0 Å². The predicted molar refractivity (Wildman–Crippen MR) is 127 cm³/mol. The van der Waals surface area contributed by atoms with Crippen molar-refractivity contribution in [2.24, 2.45) is 0 Å². The Hall–Kier alpha value is -2.60. The second-order valence-electron chi connectivity index (χ2n) is 7.56. The molecular formula is C24H29BrN4O. The number of nitrogen functional groups attached to an aromatic ring is 1. The van der Waals surface area contributed by atoms with Gasteiger partial charge in [-0.2, -0.15) is 0 Å². The number of halogens is 1. The smallest absolute Gasteiger partial charge is 0.244 e. The number of unbranched alkanes of at least 4 members (excludes halogenated alkanes) is 3. The molecule has 0 bridgehead atoms. The number of imidazole rings is 1. The maximum atomic E-state index is 12.8. The van der Waals surface area contributed by atoms with E-state index in [2.05, 4.69) is 33.2 Å². The van der Waals surface area contributed by atoms with Gasteiger partial charge < -0.3 is 15.6 Å². The second kappa shape index (κ2) is 10.4. The molecule has 6 heteroatoms. The molecule has 3 aromatic rings. The summed E-state index contributed by atoms with van der Waals surface area (Å²) in [7, 11) is 0. The largest absolute Gasteiger partial charge is 0.369 e. The zero-order valence-electron chi connectivity index (χ0n) is 17.6. The molecule has 5 nitrogen and oxygen atoms in total. The molecule has 0 spiro atoms. The Labute approximate surface area is 186 Å². The molecule has 158 valence electrons. The normalized spacial score (nSPS) is 10.9. The predicted octanol–water partition coefficient (Wildman–Crippen LogP) is 5.96. The van der Waals surface area contributed by atoms with Crippen LogP contribution < -0.4 is 11.1 Å². The van der Waals surface area contributed by atoms with Crippen LogP contribution >= 0.6 is 15.9 Å². The van der Waals surface area contributed by atoms with Gasteiger partial charge in [0, 0.05) is 15.7 Å². The Bertz CT molecular complexity index is 995. The summed E-state index contributed by atoms with van der Waals surface area (Å²) >= 11 is 3.65. The quantitative estimate of drug-likeness (QED) is 0.380. The van der Waals surface area contributed by atoms with E-state index in [9.17, 15) is 4.79 Å². The minimum Gasteiger partial charge on any atom is -0.369 e. The van der Waals surface area contributed by atoms with Crippen LogP contribution in [0.5, 0.6) is 0 Å². The van der Waals surface area contributed by atoms with Gasteiger partial charge in [0.05, 0.1) is 11.4 Å². The standard InChI is InChI=1S/C24H29BrN4O/c1-3-4-5-6-11-21-23(19-9-7-8-10-20(19)25)29(24(26)28-21)16-22(30)27-18-14-12-17(2)13-15-18/h7-10,12-15H,3-6,11,16H2,1-2H3,(H2,26,28)(H,27,30). The number of aryl methyl sites for hydroxylation is 2. The fourth-order valence-corrected chi connectivity index (χ4v) is 3.98. The number of nitrogens with two attached hydrogens (primary N) is 1. The first-order valence-electron chi connectivity index (χ1n) is 10.5. The van der Waals surface area contributed by atoms with Crippen molar-refractivity contribution in [2.75, 3.05) is 11.1 Å². The lowest BCUT2D eigenvalue weighted by Gasteiger charge is -2.13. The van der Waals surface area contributed by atoms with E-state index in [1.165, 1.54) is 12.8 Å². The van der Waals surface area contributed by atoms with E-state index >= 15 is 0 Å². The number of anilines is 2. The molecule has 0 saturated heterocycles. The molecular weight excluding hydrogens is 440 g/mol. The highest BCUT2D eigenvalue weighted by molar-refractivity contribution is 9.10. The average molecular weight is 469 g/mol. The number of benzene rings is 2. The maximum absolute atomic E-state index is 12.8. The van der Waals surface area contributed by atoms with Crippen LogP contribution in [0.25, 0.3) is 11.3 Å². The van der Waals surface area contributed by atoms with Crippen molar-refractivity contribution in [3.8, 4) is 11.3 Å². The molecule has 0 unspecified atom stereocenters. The summed E-state index contributed by atoms with van der Waals surface area (Å²) in [6, 6.07) is 15.7. The highest BCUT2D eigenvalue weighted by atomic mass is 79.9. The number of hydrogen-bond donors (Lipinski definition) is 2. The average Bonchev–Trinajstić information content (AvgIpc) is 3.02. The van der Waals surface area contributed by atoms with Gasteiger partial charge in [-0.25, -0.2) is 4.98 Å². The molecule has 0 aliphatic rings. The second-order valence-corrected chi connectivity index (χ2v) is 8.41. The number of hydrogen-bond acceptors (Lipinski definition) is 3. The Morgan fingerprint density at radius 2 is 1.83 bits per heavy atom. The summed E-state index contributed by atoms with van der Waals surface area (Å²) in [6.07, 6.45) is 5.45. The molecule has 3 N–H and O–H groups in total. The molecule has 2 aromatic carbocycles. The van der Waals surface area contributed by atoms with Crippen LogP contribution in [0.3, 0.4) is 0 Å². The number of carbonyl (C=O) groups excluding carboxylic acids is 1. The third-order valence-corrected chi connectivity index (χ3v) is 5.79. The number of rotatable bonds is 9. The van der Waals surface area contributed by atoms with Gasteiger partial charge in [-0.1, -0.05) is 78.0 Å². The van der Waals surface area contributed by atoms with Crippen molar-refractivity contribution < 1.29 is 4.79 Å². The molecule has 1 amide bonds. The van der Waals surface area contributed by atoms with Crippen molar-refractivity contribution in [3.05, 3.63) is 64.3 Å². The Balaban J connectivity index is 1.88. The van der Waals surface area contributed by atoms with Gasteiger partial charge in [0.25, 0.3) is 0 Å². The first-order chi connectivity index (χ1) is 14.5. The lowest BCUT2D eigenvalue weighted by atomic mass is 10.1. The fraction of sp³-hybridized carbons (Fsp3) is 0.333. The van der Waals surface area contributed by atoms with Crippen LogP contribution in [-0.2, 0) is 17.8 Å². The number of aromatic nitrogens is 2. The number of nitrogens with zero attached hydrogens (tertiary/aromatic N) is 2. The highest BCUT2D eigenvalue weighted by Gasteiger charge is 2.20. The molecule has 1 heterocycles. The summed E-state index contributed by atoms with van der Waals surface area (Å²) in [6.45, 7) is 4.33. The van der Waals surface area contributed by atoms with Gasteiger partial charge in [-0.05, 0) is 38.0 Å². The highest BCUT2D eigenvalue weighted by Crippen LogP contribution is 2.33. The summed E-state index contributed by atoms with van der Waals surface area (Å²) in [4.78, 5) is 17.4. The van der Waals surface area contributed by atoms with Gasteiger partial charge in [-0.15, -0.1) is 0 Å². The summed E-state index contributed by atoms with van der Waals surface area (Å²) < 4.78 is 2.78. The van der Waals surface area contributed by atoms with Crippen LogP contribution in [-0.4, -0.2) is 15.5 Å². The number of amides is 1. The van der Waals surface area contributed by atoms with E-state index in [0.29, 0.717) is 5.95 Å². The Morgan fingerprint density at radius 3 is 2.53 bits per heavy atom. The SMILES string of the molecule is CCCCCCc1nc(N)n(CC(=O)Nc2ccc(C)cc2)c1-c1ccccc1Br. The van der Waals surface area contributed by atoms with Gasteiger partial charge >= 0.3 is 0 Å². The molecule has 0 aliphatic heterocycles. The van der Waals surface area contributed by atoms with Crippen LogP contribution in [0.1, 0.15) is 43.9 Å². The third kappa shape index (κ3) is 5.51. The zero-order chi connectivity index (χ0) is 21.5. The van der Waals surface area contributed by atoms with E-state index in [4.69, 9.17) is 5.73 Å². The van der Waals surface area contributed by atoms with E-state index in [1.54, 1.807) is 0 Å². The van der Waals surface area contributed by atoms with E-state index < -0.39 is 0 Å². The number of nitrogens with one attached hydrogen (secondary N) is 1. The summed E-state index contributed by atoms with van der Waals surface area (Å²) in [5.74, 6) is 0.235. The first-order valence-corrected chi connectivity index (χ1v) is 11.2. The first kappa shape index (κ1) is 22.1. The van der Waals surface area contributed by atoms with E-state index in [1.807, 2.05) is 60.0 Å².